The molecule has 1 amide bonds. The summed E-state index contributed by atoms with van der Waals surface area (Å²) in [6.07, 6.45) is 6.86. The van der Waals surface area contributed by atoms with Crippen LogP contribution in [0.25, 0.3) is 0 Å². The molecule has 1 N–H and O–H groups in total. The molecule has 0 saturated carbocycles. The Kier molecular flexibility index (Phi) is 9.18. The molecule has 1 fully saturated rings. The van der Waals surface area contributed by atoms with Gasteiger partial charge in [-0.3, -0.25) is 14.5 Å². The van der Waals surface area contributed by atoms with Gasteiger partial charge < -0.3 is 10.1 Å². The van der Waals surface area contributed by atoms with Crippen LogP contribution in [0.4, 0.5) is 0 Å². The lowest BCUT2D eigenvalue weighted by atomic mass is 10.1. The second-order valence-corrected chi connectivity index (χ2v) is 6.96. The van der Waals surface area contributed by atoms with Crippen LogP contribution in [0.3, 0.4) is 0 Å². The number of carbonyl (C=O) groups excluding carboxylic acids is 2. The average molecular weight is 360 g/mol. The summed E-state index contributed by atoms with van der Waals surface area (Å²) in [4.78, 5) is 26.9. The Morgan fingerprint density at radius 3 is 2.54 bits per heavy atom. The highest BCUT2D eigenvalue weighted by molar-refractivity contribution is 5.82. The topological polar surface area (TPSA) is 58.6 Å². The van der Waals surface area contributed by atoms with Crippen LogP contribution < -0.4 is 5.32 Å². The van der Waals surface area contributed by atoms with Crippen molar-refractivity contribution in [1.29, 1.82) is 0 Å². The van der Waals surface area contributed by atoms with Gasteiger partial charge in [-0.05, 0) is 37.9 Å². The van der Waals surface area contributed by atoms with Gasteiger partial charge in [0.25, 0.3) is 0 Å². The number of nitrogens with zero attached hydrogens (tertiary/aromatic N) is 1. The molecule has 2 rings (SSSR count). The van der Waals surface area contributed by atoms with E-state index in [9.17, 15) is 9.59 Å². The lowest BCUT2D eigenvalue weighted by Gasteiger charge is -2.33. The normalized spacial score (nSPS) is 16.0. The van der Waals surface area contributed by atoms with Crippen molar-refractivity contribution >= 4 is 11.9 Å². The van der Waals surface area contributed by atoms with Crippen molar-refractivity contribution in [3.05, 3.63) is 35.9 Å². The van der Waals surface area contributed by atoms with E-state index in [1.54, 1.807) is 0 Å². The molecule has 0 aromatic heterocycles. The fourth-order valence-corrected chi connectivity index (χ4v) is 3.27. The van der Waals surface area contributed by atoms with Crippen molar-refractivity contribution in [2.24, 2.45) is 0 Å². The second-order valence-electron chi connectivity index (χ2n) is 6.96. The minimum atomic E-state index is -0.378. The van der Waals surface area contributed by atoms with E-state index in [-0.39, 0.29) is 30.9 Å². The van der Waals surface area contributed by atoms with Crippen molar-refractivity contribution in [2.75, 3.05) is 26.2 Å². The number of benzene rings is 1. The quantitative estimate of drug-likeness (QED) is 0.515. The maximum absolute atomic E-state index is 12.6. The lowest BCUT2D eigenvalue weighted by Crippen LogP contribution is -2.51. The van der Waals surface area contributed by atoms with E-state index in [4.69, 9.17) is 4.74 Å². The van der Waals surface area contributed by atoms with Crippen LogP contribution in [-0.2, 0) is 20.7 Å². The molecular weight excluding hydrogens is 328 g/mol. The number of rotatable bonds is 10. The fourth-order valence-electron chi connectivity index (χ4n) is 3.27. The highest BCUT2D eigenvalue weighted by Crippen LogP contribution is 2.13. The van der Waals surface area contributed by atoms with Crippen LogP contribution in [0.2, 0.25) is 0 Å². The van der Waals surface area contributed by atoms with Gasteiger partial charge in [0.2, 0.25) is 5.91 Å². The fraction of sp³-hybridized carbons (Fsp3) is 0.619. The molecule has 1 saturated heterocycles. The summed E-state index contributed by atoms with van der Waals surface area (Å²) in [5.41, 5.74) is 0.927. The smallest absolute Gasteiger partial charge is 0.310 e. The summed E-state index contributed by atoms with van der Waals surface area (Å²) in [6, 6.07) is 9.17. The summed E-state index contributed by atoms with van der Waals surface area (Å²) in [7, 11) is 0. The maximum Gasteiger partial charge on any atom is 0.310 e. The predicted octanol–water partition coefficient (Wildman–Crippen LogP) is 2.93. The van der Waals surface area contributed by atoms with Crippen LogP contribution in [0.1, 0.15) is 51.0 Å². The van der Waals surface area contributed by atoms with Crippen LogP contribution in [-0.4, -0.2) is 49.1 Å². The van der Waals surface area contributed by atoms with Gasteiger partial charge in [-0.2, -0.15) is 0 Å². The van der Waals surface area contributed by atoms with Crippen molar-refractivity contribution in [3.8, 4) is 0 Å². The number of hydrogen-bond donors (Lipinski definition) is 1. The number of ether oxygens (including phenoxy) is 1. The molecule has 0 aliphatic carbocycles. The van der Waals surface area contributed by atoms with E-state index in [2.05, 4.69) is 17.1 Å². The predicted molar refractivity (Wildman–Crippen MR) is 103 cm³/mol. The number of likely N-dealkylation sites (tertiary alicyclic amines) is 1. The lowest BCUT2D eigenvalue weighted by molar-refractivity contribution is -0.146. The Bertz CT molecular complexity index is 541. The van der Waals surface area contributed by atoms with Crippen molar-refractivity contribution in [3.63, 3.8) is 0 Å². The molecule has 1 aliphatic rings. The van der Waals surface area contributed by atoms with E-state index in [0.717, 1.165) is 50.8 Å². The summed E-state index contributed by atoms with van der Waals surface area (Å²) < 4.78 is 5.47. The van der Waals surface area contributed by atoms with Gasteiger partial charge in [-0.25, -0.2) is 0 Å². The maximum atomic E-state index is 12.6. The van der Waals surface area contributed by atoms with Crippen molar-refractivity contribution < 1.29 is 14.3 Å². The van der Waals surface area contributed by atoms with Gasteiger partial charge in [0.15, 0.2) is 0 Å². The summed E-state index contributed by atoms with van der Waals surface area (Å²) in [5.74, 6) is -0.299. The van der Waals surface area contributed by atoms with Crippen molar-refractivity contribution in [1.82, 2.24) is 10.2 Å². The third kappa shape index (κ3) is 7.16. The van der Waals surface area contributed by atoms with E-state index in [0.29, 0.717) is 6.54 Å². The number of nitrogens with one attached hydrogen (secondary N) is 1. The minimum absolute atomic E-state index is 0.0180. The van der Waals surface area contributed by atoms with Gasteiger partial charge in [-0.15, -0.1) is 0 Å². The summed E-state index contributed by atoms with van der Waals surface area (Å²) in [5, 5.41) is 3.02. The highest BCUT2D eigenvalue weighted by Gasteiger charge is 2.28. The molecule has 1 aromatic rings. The highest BCUT2D eigenvalue weighted by atomic mass is 16.5. The number of esters is 1. The zero-order valence-electron chi connectivity index (χ0n) is 15.9. The molecule has 5 heteroatoms. The van der Waals surface area contributed by atoms with Crippen molar-refractivity contribution in [2.45, 2.75) is 57.9 Å². The van der Waals surface area contributed by atoms with Crippen LogP contribution in [0.5, 0.6) is 0 Å². The number of carbonyl (C=O) groups is 2. The molecule has 144 valence electrons. The first-order chi connectivity index (χ1) is 12.7. The molecule has 0 spiro atoms. The molecule has 0 radical (unpaired) electrons. The Hall–Kier alpha value is -1.88. The number of hydrogen-bond acceptors (Lipinski definition) is 4. The third-order valence-electron chi connectivity index (χ3n) is 4.81. The first-order valence-corrected chi connectivity index (χ1v) is 9.92. The zero-order chi connectivity index (χ0) is 18.6. The zero-order valence-corrected chi connectivity index (χ0v) is 15.9. The molecule has 1 aliphatic heterocycles. The van der Waals surface area contributed by atoms with Crippen LogP contribution >= 0.6 is 0 Å². The second kappa shape index (κ2) is 11.7. The standard InChI is InChI=1S/C21H32N2O3/c1-2-3-8-13-22-21(25)19(23-14-9-5-10-15-23)17-26-20(24)16-18-11-6-4-7-12-18/h4,6-7,11-12,19H,2-3,5,8-10,13-17H2,1H3,(H,22,25). The van der Waals surface area contributed by atoms with Gasteiger partial charge in [0.1, 0.15) is 12.6 Å². The first kappa shape index (κ1) is 20.4. The number of piperidine rings is 1. The van der Waals surface area contributed by atoms with E-state index < -0.39 is 0 Å². The Balaban J connectivity index is 1.86. The molecule has 1 aromatic carbocycles. The van der Waals surface area contributed by atoms with Crippen LogP contribution in [0.15, 0.2) is 30.3 Å². The molecule has 1 heterocycles. The SMILES string of the molecule is CCCCCNC(=O)C(COC(=O)Cc1ccccc1)N1CCCCC1. The van der Waals surface area contributed by atoms with Gasteiger partial charge in [0.05, 0.1) is 6.42 Å². The average Bonchev–Trinajstić information content (AvgIpc) is 2.67. The molecule has 5 nitrogen and oxygen atoms in total. The van der Waals surface area contributed by atoms with E-state index >= 15 is 0 Å². The summed E-state index contributed by atoms with van der Waals surface area (Å²) in [6.45, 7) is 4.75. The summed E-state index contributed by atoms with van der Waals surface area (Å²) >= 11 is 0. The minimum Gasteiger partial charge on any atom is -0.463 e. The molecular formula is C21H32N2O3. The molecule has 0 bridgehead atoms. The van der Waals surface area contributed by atoms with Gasteiger partial charge in [-0.1, -0.05) is 56.5 Å². The third-order valence-corrected chi connectivity index (χ3v) is 4.81. The Morgan fingerprint density at radius 2 is 1.85 bits per heavy atom. The van der Waals surface area contributed by atoms with E-state index in [1.165, 1.54) is 6.42 Å². The molecule has 1 unspecified atom stereocenters. The largest absolute Gasteiger partial charge is 0.463 e. The van der Waals surface area contributed by atoms with Gasteiger partial charge >= 0.3 is 5.97 Å². The first-order valence-electron chi connectivity index (χ1n) is 9.92. The monoisotopic (exact) mass is 360 g/mol. The van der Waals surface area contributed by atoms with Gasteiger partial charge in [0, 0.05) is 6.54 Å². The molecule has 1 atom stereocenters. The number of unbranched alkanes of at least 4 members (excludes halogenated alkanes) is 2. The Morgan fingerprint density at radius 1 is 1.12 bits per heavy atom. The number of amides is 1. The Labute approximate surface area is 157 Å². The van der Waals surface area contributed by atoms with E-state index in [1.807, 2.05) is 30.3 Å². The van der Waals surface area contributed by atoms with Crippen LogP contribution in [0, 0.1) is 0 Å². The molecule has 26 heavy (non-hydrogen) atoms.